The third kappa shape index (κ3) is 2.78. The number of benzene rings is 2. The highest BCUT2D eigenvalue weighted by atomic mass is 16.6. The van der Waals surface area contributed by atoms with Gasteiger partial charge in [0.05, 0.1) is 0 Å². The van der Waals surface area contributed by atoms with Crippen LogP contribution in [0, 0.1) is 12.3 Å². The molecule has 1 atom stereocenters. The lowest BCUT2D eigenvalue weighted by atomic mass is 9.98. The third-order valence-electron chi connectivity index (χ3n) is 5.30. The molecule has 2 aliphatic rings. The molecule has 0 saturated carbocycles. The molecule has 3 nitrogen and oxygen atoms in total. The minimum absolute atomic E-state index is 0.102. The smallest absolute Gasteiger partial charge is 0.410 e. The molecule has 1 amide bonds. The van der Waals surface area contributed by atoms with Gasteiger partial charge in [-0.2, -0.15) is 0 Å². The van der Waals surface area contributed by atoms with Gasteiger partial charge in [-0.15, -0.1) is 12.3 Å². The van der Waals surface area contributed by atoms with Gasteiger partial charge >= 0.3 is 6.09 Å². The van der Waals surface area contributed by atoms with Crippen molar-refractivity contribution >= 4 is 6.09 Å². The van der Waals surface area contributed by atoms with Crippen LogP contribution in [0.3, 0.4) is 0 Å². The molecular weight excluding hydrogens is 310 g/mol. The van der Waals surface area contributed by atoms with Crippen molar-refractivity contribution in [2.45, 2.75) is 31.2 Å². The SMILES string of the molecule is C#CCC1CCCN1C(=O)OCC1c2ccccc2-c2ccccc21. The van der Waals surface area contributed by atoms with E-state index in [0.29, 0.717) is 13.0 Å². The van der Waals surface area contributed by atoms with Gasteiger partial charge in [-0.25, -0.2) is 4.79 Å². The van der Waals surface area contributed by atoms with Crippen LogP contribution in [-0.4, -0.2) is 30.2 Å². The minimum Gasteiger partial charge on any atom is -0.448 e. The first-order chi connectivity index (χ1) is 12.3. The summed E-state index contributed by atoms with van der Waals surface area (Å²) in [4.78, 5) is 14.3. The molecule has 0 radical (unpaired) electrons. The second-order valence-corrected chi connectivity index (χ2v) is 6.70. The third-order valence-corrected chi connectivity index (χ3v) is 5.30. The molecule has 126 valence electrons. The Morgan fingerprint density at radius 2 is 1.76 bits per heavy atom. The van der Waals surface area contributed by atoms with Crippen LogP contribution in [-0.2, 0) is 4.74 Å². The Labute approximate surface area is 148 Å². The molecular formula is C22H21NO2. The number of amides is 1. The second kappa shape index (κ2) is 6.64. The van der Waals surface area contributed by atoms with Crippen LogP contribution in [0.1, 0.15) is 36.3 Å². The fraction of sp³-hybridized carbons (Fsp3) is 0.318. The monoisotopic (exact) mass is 331 g/mol. The van der Waals surface area contributed by atoms with Crippen LogP contribution >= 0.6 is 0 Å². The topological polar surface area (TPSA) is 29.5 Å². The molecule has 3 heteroatoms. The fourth-order valence-electron chi connectivity index (χ4n) is 4.10. The molecule has 1 saturated heterocycles. The van der Waals surface area contributed by atoms with Gasteiger partial charge in [0.25, 0.3) is 0 Å². The molecule has 2 aromatic carbocycles. The van der Waals surface area contributed by atoms with E-state index in [4.69, 9.17) is 11.2 Å². The van der Waals surface area contributed by atoms with Crippen molar-refractivity contribution in [1.29, 1.82) is 0 Å². The van der Waals surface area contributed by atoms with Crippen LogP contribution < -0.4 is 0 Å². The van der Waals surface area contributed by atoms with Gasteiger partial charge in [-0.05, 0) is 35.1 Å². The van der Waals surface area contributed by atoms with Crippen molar-refractivity contribution in [2.75, 3.05) is 13.2 Å². The summed E-state index contributed by atoms with van der Waals surface area (Å²) in [6.45, 7) is 1.11. The van der Waals surface area contributed by atoms with Gasteiger partial charge < -0.3 is 9.64 Å². The van der Waals surface area contributed by atoms with Gasteiger partial charge in [-0.3, -0.25) is 0 Å². The first-order valence-corrected chi connectivity index (χ1v) is 8.84. The lowest BCUT2D eigenvalue weighted by molar-refractivity contribution is 0.0962. The van der Waals surface area contributed by atoms with E-state index in [0.717, 1.165) is 19.4 Å². The number of rotatable bonds is 3. The van der Waals surface area contributed by atoms with Crippen molar-refractivity contribution < 1.29 is 9.53 Å². The van der Waals surface area contributed by atoms with Gasteiger partial charge in [0.15, 0.2) is 0 Å². The summed E-state index contributed by atoms with van der Waals surface area (Å²) in [5, 5.41) is 0. The van der Waals surface area contributed by atoms with Crippen molar-refractivity contribution in [1.82, 2.24) is 4.90 Å². The number of ether oxygens (including phenoxy) is 1. The Hall–Kier alpha value is -2.73. The van der Waals surface area contributed by atoms with E-state index in [2.05, 4.69) is 42.3 Å². The average Bonchev–Trinajstić information content (AvgIpc) is 3.23. The highest BCUT2D eigenvalue weighted by molar-refractivity contribution is 5.79. The number of terminal acetylenes is 1. The summed E-state index contributed by atoms with van der Waals surface area (Å²) in [7, 11) is 0. The Kier molecular flexibility index (Phi) is 4.19. The zero-order chi connectivity index (χ0) is 17.2. The summed E-state index contributed by atoms with van der Waals surface area (Å²) in [6.07, 6.45) is 7.75. The molecule has 0 N–H and O–H groups in total. The molecule has 1 aliphatic heterocycles. The van der Waals surface area contributed by atoms with E-state index in [-0.39, 0.29) is 18.1 Å². The predicted octanol–water partition coefficient (Wildman–Crippen LogP) is 4.42. The van der Waals surface area contributed by atoms with Crippen LogP contribution in [0.4, 0.5) is 4.79 Å². The molecule has 25 heavy (non-hydrogen) atoms. The number of likely N-dealkylation sites (tertiary alicyclic amines) is 1. The molecule has 2 aromatic rings. The molecule has 1 fully saturated rings. The van der Waals surface area contributed by atoms with Crippen LogP contribution in [0.25, 0.3) is 11.1 Å². The maximum Gasteiger partial charge on any atom is 0.410 e. The molecule has 0 aromatic heterocycles. The number of fused-ring (bicyclic) bond motifs is 3. The number of hydrogen-bond acceptors (Lipinski definition) is 2. The summed E-state index contributed by atoms with van der Waals surface area (Å²) >= 11 is 0. The number of nitrogens with zero attached hydrogens (tertiary/aromatic N) is 1. The highest BCUT2D eigenvalue weighted by Gasteiger charge is 2.32. The van der Waals surface area contributed by atoms with Crippen LogP contribution in [0.5, 0.6) is 0 Å². The first kappa shape index (κ1) is 15.8. The molecule has 1 aliphatic carbocycles. The highest BCUT2D eigenvalue weighted by Crippen LogP contribution is 2.44. The van der Waals surface area contributed by atoms with Crippen molar-refractivity contribution in [3.63, 3.8) is 0 Å². The summed E-state index contributed by atoms with van der Waals surface area (Å²) in [5.41, 5.74) is 4.95. The molecule has 0 spiro atoms. The maximum atomic E-state index is 12.5. The maximum absolute atomic E-state index is 12.5. The van der Waals surface area contributed by atoms with Crippen molar-refractivity contribution in [3.8, 4) is 23.5 Å². The molecule has 4 rings (SSSR count). The van der Waals surface area contributed by atoms with Gasteiger partial charge in [0.1, 0.15) is 6.61 Å². The fourth-order valence-corrected chi connectivity index (χ4v) is 4.10. The van der Waals surface area contributed by atoms with E-state index in [1.165, 1.54) is 22.3 Å². The van der Waals surface area contributed by atoms with Crippen molar-refractivity contribution in [2.24, 2.45) is 0 Å². The Morgan fingerprint density at radius 1 is 1.12 bits per heavy atom. The summed E-state index contributed by atoms with van der Waals surface area (Å²) < 4.78 is 5.72. The number of carbonyl (C=O) groups is 1. The number of carbonyl (C=O) groups excluding carboxylic acids is 1. The minimum atomic E-state index is -0.236. The van der Waals surface area contributed by atoms with E-state index < -0.39 is 0 Å². The van der Waals surface area contributed by atoms with Gasteiger partial charge in [0.2, 0.25) is 0 Å². The second-order valence-electron chi connectivity index (χ2n) is 6.70. The Balaban J connectivity index is 1.52. The summed E-state index contributed by atoms with van der Waals surface area (Å²) in [6, 6.07) is 16.9. The molecule has 1 unspecified atom stereocenters. The van der Waals surface area contributed by atoms with E-state index in [1.807, 2.05) is 12.1 Å². The standard InChI is InChI=1S/C22H21NO2/c1-2-8-16-9-7-14-23(16)22(24)25-15-21-19-12-5-3-10-17(19)18-11-4-6-13-20(18)21/h1,3-6,10-13,16,21H,7-9,14-15H2. The summed E-state index contributed by atoms with van der Waals surface area (Å²) in [5.74, 6) is 2.77. The Bertz CT molecular complexity index is 790. The quantitative estimate of drug-likeness (QED) is 0.779. The van der Waals surface area contributed by atoms with Gasteiger partial charge in [-0.1, -0.05) is 48.5 Å². The van der Waals surface area contributed by atoms with Crippen LogP contribution in [0.2, 0.25) is 0 Å². The average molecular weight is 331 g/mol. The van der Waals surface area contributed by atoms with E-state index in [9.17, 15) is 4.79 Å². The predicted molar refractivity (Wildman–Crippen MR) is 98.2 cm³/mol. The zero-order valence-electron chi connectivity index (χ0n) is 14.2. The van der Waals surface area contributed by atoms with Gasteiger partial charge in [0, 0.05) is 24.9 Å². The lowest BCUT2D eigenvalue weighted by Gasteiger charge is -2.24. The molecule has 0 bridgehead atoms. The van der Waals surface area contributed by atoms with E-state index >= 15 is 0 Å². The zero-order valence-corrected chi connectivity index (χ0v) is 14.2. The van der Waals surface area contributed by atoms with Crippen molar-refractivity contribution in [3.05, 3.63) is 59.7 Å². The normalized spacial score (nSPS) is 18.5. The van der Waals surface area contributed by atoms with Crippen LogP contribution in [0.15, 0.2) is 48.5 Å². The largest absolute Gasteiger partial charge is 0.448 e. The number of hydrogen-bond donors (Lipinski definition) is 0. The lowest BCUT2D eigenvalue weighted by Crippen LogP contribution is -2.36. The first-order valence-electron chi connectivity index (χ1n) is 8.84. The Morgan fingerprint density at radius 3 is 2.40 bits per heavy atom. The molecule has 1 heterocycles. The van der Waals surface area contributed by atoms with E-state index in [1.54, 1.807) is 4.90 Å².